The van der Waals surface area contributed by atoms with E-state index in [1.54, 1.807) is 0 Å². The molecule has 18 aromatic rings. The van der Waals surface area contributed by atoms with Crippen LogP contribution in [0.2, 0.25) is 0 Å². The van der Waals surface area contributed by atoms with Gasteiger partial charge in [-0.15, -0.1) is 0 Å². The van der Waals surface area contributed by atoms with E-state index in [1.807, 2.05) is 33.1 Å². The molecule has 0 spiro atoms. The van der Waals surface area contributed by atoms with Crippen molar-refractivity contribution in [2.24, 2.45) is 0 Å². The summed E-state index contributed by atoms with van der Waals surface area (Å²) in [6.45, 7) is 0. The normalized spacial score (nSPS) is 13.1. The van der Waals surface area contributed by atoms with Crippen molar-refractivity contribution in [1.29, 1.82) is 0 Å². The number of fused-ring (bicyclic) bond motifs is 22. The van der Waals surface area contributed by atoms with Gasteiger partial charge in [-0.25, -0.2) is 9.97 Å². The Morgan fingerprint density at radius 2 is 0.471 bits per heavy atom. The van der Waals surface area contributed by atoms with Crippen molar-refractivity contribution >= 4 is 173 Å². The lowest BCUT2D eigenvalue weighted by molar-refractivity contribution is 1.19. The van der Waals surface area contributed by atoms with Crippen LogP contribution in [0, 0.1) is 0 Å². The maximum Gasteiger partial charge on any atom is 0.264 e. The van der Waals surface area contributed by atoms with Gasteiger partial charge < -0.3 is 0 Å². The van der Waals surface area contributed by atoms with Crippen LogP contribution in [0.15, 0.2) is 179 Å². The Labute approximate surface area is 381 Å². The lowest BCUT2D eigenvalue weighted by Crippen LogP contribution is -2.13. The number of rotatable bonds is 0. The number of benzene rings is 14. The molecule has 0 aliphatic rings. The molecule has 0 atom stereocenters. The van der Waals surface area contributed by atoms with Crippen LogP contribution in [0.5, 0.6) is 0 Å². The minimum absolute atomic E-state index is 0.0532. The molecule has 0 saturated carbocycles. The van der Waals surface area contributed by atoms with E-state index >= 15 is 9.59 Å². The smallest absolute Gasteiger partial charge is 0.264 e. The summed E-state index contributed by atoms with van der Waals surface area (Å²) in [5.74, 6) is 0. The summed E-state index contributed by atoms with van der Waals surface area (Å²) in [6.07, 6.45) is 0. The second kappa shape index (κ2) is 11.2. The maximum atomic E-state index is 15.1. The zero-order valence-corrected chi connectivity index (χ0v) is 35.8. The van der Waals surface area contributed by atoms with Crippen molar-refractivity contribution < 1.29 is 0 Å². The molecular formula is C62H28N4O2. The molecule has 0 aliphatic heterocycles. The molecule has 6 heteroatoms. The highest BCUT2D eigenvalue weighted by Crippen LogP contribution is 2.50. The molecule has 0 N–H and O–H groups in total. The van der Waals surface area contributed by atoms with Gasteiger partial charge in [0.25, 0.3) is 11.1 Å². The lowest BCUT2D eigenvalue weighted by Gasteiger charge is -2.21. The first-order valence-corrected chi connectivity index (χ1v) is 23.2. The van der Waals surface area contributed by atoms with E-state index in [0.717, 1.165) is 141 Å². The minimum atomic E-state index is -0.0532. The van der Waals surface area contributed by atoms with Crippen LogP contribution >= 0.6 is 0 Å². The first-order chi connectivity index (χ1) is 33.6. The summed E-state index contributed by atoms with van der Waals surface area (Å²) in [5.41, 5.74) is 4.66. The van der Waals surface area contributed by atoms with Crippen LogP contribution in [0.3, 0.4) is 0 Å². The summed E-state index contributed by atoms with van der Waals surface area (Å²) >= 11 is 0. The Bertz CT molecular complexity index is 5140. The zero-order valence-electron chi connectivity index (χ0n) is 35.8. The summed E-state index contributed by atoms with van der Waals surface area (Å²) in [6, 6.07) is 59.9. The SMILES string of the molecule is O=c1c2ccc3c4ccc5c6ccc7c(=O)n8c(nc9c%10ccccc%10c%10ccccc%10c98)c8ccc(c9ccc(c%10ccc(c2c3%10)c2nc3c%10ccccc%10c%10ccccc%10c3n12)c4c59)c6c78. The molecule has 0 aliphatic carbocycles. The molecule has 4 aromatic heterocycles. The van der Waals surface area contributed by atoms with E-state index in [-0.39, 0.29) is 11.1 Å². The molecule has 0 saturated heterocycles. The first-order valence-electron chi connectivity index (χ1n) is 23.2. The highest BCUT2D eigenvalue weighted by Gasteiger charge is 2.27. The van der Waals surface area contributed by atoms with Gasteiger partial charge in [-0.2, -0.15) is 0 Å². The number of hydrogen-bond donors (Lipinski definition) is 0. The fraction of sp³-hybridized carbons (Fsp3) is 0. The van der Waals surface area contributed by atoms with Gasteiger partial charge in [0.05, 0.1) is 22.1 Å². The van der Waals surface area contributed by atoms with Crippen LogP contribution < -0.4 is 11.1 Å². The van der Waals surface area contributed by atoms with Gasteiger partial charge in [-0.1, -0.05) is 146 Å². The minimum Gasteiger partial charge on any atom is -0.268 e. The molecule has 0 radical (unpaired) electrons. The van der Waals surface area contributed by atoms with E-state index < -0.39 is 0 Å². The van der Waals surface area contributed by atoms with Gasteiger partial charge in [0, 0.05) is 53.9 Å². The standard InChI is InChI=1S/C62H28N4O2/c67-61-47-27-23-39-35-19-20-36-40-24-28-48-54-46(60-64-56-42-14-6-2-10-30(42)32-12-4-8-16-44(32)58(56)66(60)62(48)68)26-22-38(52(40)54)34-18-17-33(49(35)50(34)36)37-21-25-45(53(47)51(37)39)59-63-55-41-13-5-1-9-29(41)31-11-3-7-15-43(31)57(55)65(59)61/h1-28H. The molecule has 14 aromatic carbocycles. The molecule has 18 rings (SSSR count). The van der Waals surface area contributed by atoms with Gasteiger partial charge in [0.15, 0.2) is 0 Å². The molecular weight excluding hydrogens is 833 g/mol. The number of pyridine rings is 2. The fourth-order valence-corrected chi connectivity index (χ4v) is 13.4. The zero-order chi connectivity index (χ0) is 44.0. The van der Waals surface area contributed by atoms with Crippen LogP contribution in [-0.4, -0.2) is 18.8 Å². The number of hydrogen-bond acceptors (Lipinski definition) is 4. The number of nitrogens with zero attached hydrogens (tertiary/aromatic N) is 4. The molecule has 0 fully saturated rings. The van der Waals surface area contributed by atoms with Gasteiger partial charge in [-0.3, -0.25) is 18.4 Å². The van der Waals surface area contributed by atoms with Gasteiger partial charge >= 0.3 is 0 Å². The second-order valence-corrected chi connectivity index (χ2v) is 18.9. The highest BCUT2D eigenvalue weighted by molar-refractivity contribution is 6.45. The van der Waals surface area contributed by atoms with Gasteiger partial charge in [0.2, 0.25) is 0 Å². The first kappa shape index (κ1) is 34.1. The topological polar surface area (TPSA) is 68.7 Å². The summed E-state index contributed by atoms with van der Waals surface area (Å²) in [7, 11) is 0. The maximum absolute atomic E-state index is 15.1. The second-order valence-electron chi connectivity index (χ2n) is 18.9. The van der Waals surface area contributed by atoms with Crippen molar-refractivity contribution in [1.82, 2.24) is 18.8 Å². The highest BCUT2D eigenvalue weighted by atomic mass is 16.1. The summed E-state index contributed by atoms with van der Waals surface area (Å²) in [5, 5.41) is 27.5. The molecule has 308 valence electrons. The van der Waals surface area contributed by atoms with Gasteiger partial charge in [0.1, 0.15) is 11.3 Å². The van der Waals surface area contributed by atoms with Gasteiger partial charge in [-0.05, 0) is 110 Å². The van der Waals surface area contributed by atoms with Crippen molar-refractivity contribution in [2.75, 3.05) is 0 Å². The number of aromatic nitrogens is 4. The third kappa shape index (κ3) is 3.62. The molecule has 0 amide bonds. The Kier molecular flexibility index (Phi) is 5.63. The van der Waals surface area contributed by atoms with E-state index in [2.05, 4.69) is 146 Å². The molecule has 6 nitrogen and oxygen atoms in total. The van der Waals surface area contributed by atoms with Crippen molar-refractivity contribution in [3.8, 4) is 0 Å². The Morgan fingerprint density at radius 1 is 0.235 bits per heavy atom. The van der Waals surface area contributed by atoms with E-state index in [0.29, 0.717) is 22.1 Å². The van der Waals surface area contributed by atoms with E-state index in [4.69, 9.17) is 9.97 Å². The van der Waals surface area contributed by atoms with E-state index in [1.165, 1.54) is 10.8 Å². The predicted molar refractivity (Wildman–Crippen MR) is 284 cm³/mol. The van der Waals surface area contributed by atoms with Crippen LogP contribution in [0.25, 0.3) is 173 Å². The Morgan fingerprint density at radius 3 is 0.794 bits per heavy atom. The lowest BCUT2D eigenvalue weighted by atomic mass is 9.82. The molecule has 0 unspecified atom stereocenters. The van der Waals surface area contributed by atoms with Crippen molar-refractivity contribution in [3.63, 3.8) is 0 Å². The third-order valence-electron chi connectivity index (χ3n) is 16.1. The fourth-order valence-electron chi connectivity index (χ4n) is 13.4. The van der Waals surface area contributed by atoms with Crippen LogP contribution in [-0.2, 0) is 0 Å². The van der Waals surface area contributed by atoms with Crippen LogP contribution in [0.1, 0.15) is 0 Å². The average molecular weight is 861 g/mol. The molecule has 68 heavy (non-hydrogen) atoms. The third-order valence-corrected chi connectivity index (χ3v) is 16.1. The summed E-state index contributed by atoms with van der Waals surface area (Å²) in [4.78, 5) is 40.9. The Balaban J connectivity index is 0.961. The predicted octanol–water partition coefficient (Wildman–Crippen LogP) is 14.8. The summed E-state index contributed by atoms with van der Waals surface area (Å²) < 4.78 is 3.74. The van der Waals surface area contributed by atoms with Crippen molar-refractivity contribution in [2.45, 2.75) is 0 Å². The molecule has 4 heterocycles. The quantitative estimate of drug-likeness (QED) is 0.112. The van der Waals surface area contributed by atoms with Crippen molar-refractivity contribution in [3.05, 3.63) is 191 Å². The molecule has 0 bridgehead atoms. The Hall–Kier alpha value is -9.26. The van der Waals surface area contributed by atoms with E-state index in [9.17, 15) is 0 Å². The number of imidazole rings is 2. The monoisotopic (exact) mass is 860 g/mol. The average Bonchev–Trinajstić information content (AvgIpc) is 4.01. The van der Waals surface area contributed by atoms with Crippen LogP contribution in [0.4, 0.5) is 0 Å². The largest absolute Gasteiger partial charge is 0.268 e.